The van der Waals surface area contributed by atoms with Crippen LogP contribution in [0.25, 0.3) is 0 Å². The number of hydrogen-bond acceptors (Lipinski definition) is 4. The van der Waals surface area contributed by atoms with Crippen LogP contribution in [0.4, 0.5) is 0 Å². The van der Waals surface area contributed by atoms with Crippen molar-refractivity contribution in [1.29, 1.82) is 0 Å². The molecule has 0 aromatic rings. The van der Waals surface area contributed by atoms with Gasteiger partial charge in [-0.25, -0.2) is 8.42 Å². The molecule has 0 aliphatic carbocycles. The molecule has 2 aliphatic heterocycles. The largest absolute Gasteiger partial charge is 0.385 e. The second-order valence-corrected chi connectivity index (χ2v) is 7.04. The molecule has 0 bridgehead atoms. The number of sulfone groups is 1. The highest BCUT2D eigenvalue weighted by Crippen LogP contribution is 2.41. The van der Waals surface area contributed by atoms with Crippen molar-refractivity contribution in [3.8, 4) is 0 Å². The van der Waals surface area contributed by atoms with E-state index in [2.05, 4.69) is 5.32 Å². The number of methoxy groups -OCH3 is 1. The first-order valence-electron chi connectivity index (χ1n) is 5.48. The molecule has 0 aromatic heterocycles. The number of ether oxygens (including phenoxy) is 1. The Morgan fingerprint density at radius 3 is 2.60 bits per heavy atom. The van der Waals surface area contributed by atoms with Crippen LogP contribution in [-0.4, -0.2) is 46.7 Å². The van der Waals surface area contributed by atoms with Gasteiger partial charge in [-0.1, -0.05) is 0 Å². The fourth-order valence-electron chi connectivity index (χ4n) is 2.70. The van der Waals surface area contributed by atoms with Gasteiger partial charge in [0, 0.05) is 32.2 Å². The molecule has 2 saturated heterocycles. The summed E-state index contributed by atoms with van der Waals surface area (Å²) in [7, 11) is -1.05. The Hall–Kier alpha value is -0.130. The molecule has 4 nitrogen and oxygen atoms in total. The summed E-state index contributed by atoms with van der Waals surface area (Å²) in [5, 5.41) is 3.26. The Balaban J connectivity index is 2.01. The fourth-order valence-corrected chi connectivity index (χ4v) is 4.64. The lowest BCUT2D eigenvalue weighted by Gasteiger charge is -2.47. The molecule has 5 heteroatoms. The lowest BCUT2D eigenvalue weighted by Crippen LogP contribution is -2.58. The normalized spacial score (nSPS) is 32.5. The summed E-state index contributed by atoms with van der Waals surface area (Å²) >= 11 is 0. The third-order valence-electron chi connectivity index (χ3n) is 3.86. The number of hydrogen-bond donors (Lipinski definition) is 1. The van der Waals surface area contributed by atoms with Crippen LogP contribution in [0.5, 0.6) is 0 Å². The van der Waals surface area contributed by atoms with Gasteiger partial charge in [-0.15, -0.1) is 0 Å². The molecule has 2 fully saturated rings. The van der Waals surface area contributed by atoms with Gasteiger partial charge in [0.25, 0.3) is 0 Å². The molecule has 1 unspecified atom stereocenters. The second kappa shape index (κ2) is 4.03. The van der Waals surface area contributed by atoms with Crippen molar-refractivity contribution in [3.05, 3.63) is 0 Å². The topological polar surface area (TPSA) is 55.4 Å². The molecular formula is C10H19NO3S. The smallest absolute Gasteiger partial charge is 0.150 e. The number of nitrogens with one attached hydrogen (secondary N) is 1. The van der Waals surface area contributed by atoms with Crippen molar-refractivity contribution in [3.63, 3.8) is 0 Å². The lowest BCUT2D eigenvalue weighted by molar-refractivity contribution is 0.0445. The average molecular weight is 233 g/mol. The van der Waals surface area contributed by atoms with Crippen molar-refractivity contribution in [2.45, 2.75) is 12.8 Å². The Morgan fingerprint density at radius 2 is 2.20 bits per heavy atom. The standard InChI is InChI=1S/C10H19NO3S/c1-14-4-3-10(7-11-8-10)9-2-5-15(12,13)6-9/h9,11H,2-8H2,1H3. The molecule has 1 N–H and O–H groups in total. The maximum atomic E-state index is 11.4. The molecule has 15 heavy (non-hydrogen) atoms. The molecule has 0 amide bonds. The van der Waals surface area contributed by atoms with Crippen LogP contribution in [0.3, 0.4) is 0 Å². The van der Waals surface area contributed by atoms with Gasteiger partial charge in [-0.05, 0) is 18.8 Å². The van der Waals surface area contributed by atoms with Crippen LogP contribution in [0, 0.1) is 11.3 Å². The van der Waals surface area contributed by atoms with Gasteiger partial charge in [-0.3, -0.25) is 0 Å². The van der Waals surface area contributed by atoms with Crippen molar-refractivity contribution >= 4 is 9.84 Å². The van der Waals surface area contributed by atoms with Gasteiger partial charge in [0.15, 0.2) is 9.84 Å². The highest BCUT2D eigenvalue weighted by atomic mass is 32.2. The molecule has 0 saturated carbocycles. The van der Waals surface area contributed by atoms with Crippen LogP contribution in [0.2, 0.25) is 0 Å². The van der Waals surface area contributed by atoms with Crippen molar-refractivity contribution in [2.24, 2.45) is 11.3 Å². The zero-order chi connectivity index (χ0) is 10.9. The molecule has 2 rings (SSSR count). The molecule has 0 radical (unpaired) electrons. The van der Waals surface area contributed by atoms with Crippen LogP contribution < -0.4 is 5.32 Å². The minimum atomic E-state index is -2.75. The molecule has 2 aliphatic rings. The van der Waals surface area contributed by atoms with E-state index in [1.165, 1.54) is 0 Å². The van der Waals surface area contributed by atoms with Crippen molar-refractivity contribution in [2.75, 3.05) is 38.3 Å². The van der Waals surface area contributed by atoms with E-state index in [-0.39, 0.29) is 5.41 Å². The van der Waals surface area contributed by atoms with E-state index in [0.717, 1.165) is 32.5 Å². The molecule has 0 spiro atoms. The van der Waals surface area contributed by atoms with Crippen molar-refractivity contribution < 1.29 is 13.2 Å². The van der Waals surface area contributed by atoms with Crippen LogP contribution in [0.15, 0.2) is 0 Å². The van der Waals surface area contributed by atoms with Gasteiger partial charge in [0.1, 0.15) is 0 Å². The SMILES string of the molecule is COCCC1(C2CCS(=O)(=O)C2)CNC1. The Bertz CT molecular complexity index is 322. The highest BCUT2D eigenvalue weighted by molar-refractivity contribution is 7.91. The Labute approximate surface area is 91.3 Å². The first kappa shape index (κ1) is 11.4. The van der Waals surface area contributed by atoms with Gasteiger partial charge in [0.2, 0.25) is 0 Å². The summed E-state index contributed by atoms with van der Waals surface area (Å²) in [6.07, 6.45) is 1.82. The first-order chi connectivity index (χ1) is 7.08. The van der Waals surface area contributed by atoms with E-state index >= 15 is 0 Å². The summed E-state index contributed by atoms with van der Waals surface area (Å²) in [6, 6.07) is 0. The zero-order valence-corrected chi connectivity index (χ0v) is 9.98. The van der Waals surface area contributed by atoms with Gasteiger partial charge < -0.3 is 10.1 Å². The summed E-state index contributed by atoms with van der Waals surface area (Å²) < 4.78 is 28.0. The van der Waals surface area contributed by atoms with Crippen LogP contribution >= 0.6 is 0 Å². The van der Waals surface area contributed by atoms with E-state index in [1.807, 2.05) is 0 Å². The summed E-state index contributed by atoms with van der Waals surface area (Å²) in [6.45, 7) is 2.64. The molecule has 88 valence electrons. The average Bonchev–Trinajstić information content (AvgIpc) is 2.45. The van der Waals surface area contributed by atoms with Crippen molar-refractivity contribution in [1.82, 2.24) is 5.32 Å². The van der Waals surface area contributed by atoms with E-state index in [0.29, 0.717) is 17.4 Å². The fraction of sp³-hybridized carbons (Fsp3) is 1.00. The maximum absolute atomic E-state index is 11.4. The third-order valence-corrected chi connectivity index (χ3v) is 5.62. The first-order valence-corrected chi connectivity index (χ1v) is 7.30. The molecule has 1 atom stereocenters. The third kappa shape index (κ3) is 2.19. The second-order valence-electron chi connectivity index (χ2n) is 4.81. The molecule has 0 aromatic carbocycles. The minimum Gasteiger partial charge on any atom is -0.385 e. The maximum Gasteiger partial charge on any atom is 0.150 e. The monoisotopic (exact) mass is 233 g/mol. The van der Waals surface area contributed by atoms with Gasteiger partial charge in [-0.2, -0.15) is 0 Å². The predicted molar refractivity (Wildman–Crippen MR) is 58.6 cm³/mol. The van der Waals surface area contributed by atoms with Gasteiger partial charge >= 0.3 is 0 Å². The van der Waals surface area contributed by atoms with E-state index < -0.39 is 9.84 Å². The van der Waals surface area contributed by atoms with Crippen LogP contribution in [0.1, 0.15) is 12.8 Å². The summed E-state index contributed by atoms with van der Waals surface area (Å²) in [4.78, 5) is 0. The lowest BCUT2D eigenvalue weighted by atomic mass is 9.68. The molecule has 2 heterocycles. The van der Waals surface area contributed by atoms with E-state index in [1.54, 1.807) is 7.11 Å². The summed E-state index contributed by atoms with van der Waals surface area (Å²) in [5.41, 5.74) is 0.194. The minimum absolute atomic E-state index is 0.194. The zero-order valence-electron chi connectivity index (χ0n) is 9.16. The summed E-state index contributed by atoms with van der Waals surface area (Å²) in [5.74, 6) is 1.11. The predicted octanol–water partition coefficient (Wildman–Crippen LogP) is 0.0472. The van der Waals surface area contributed by atoms with E-state index in [4.69, 9.17) is 4.74 Å². The van der Waals surface area contributed by atoms with E-state index in [9.17, 15) is 8.42 Å². The highest BCUT2D eigenvalue weighted by Gasteiger charge is 2.47. The Morgan fingerprint density at radius 1 is 1.47 bits per heavy atom. The molecular weight excluding hydrogens is 214 g/mol. The quantitative estimate of drug-likeness (QED) is 0.745. The van der Waals surface area contributed by atoms with Gasteiger partial charge in [0.05, 0.1) is 11.5 Å². The Kier molecular flexibility index (Phi) is 3.05. The van der Waals surface area contributed by atoms with Crippen LogP contribution in [-0.2, 0) is 14.6 Å². The number of rotatable bonds is 4.